The number of nitrogens with one attached hydrogen (secondary N) is 1. The molecule has 0 aromatic carbocycles. The summed E-state index contributed by atoms with van der Waals surface area (Å²) in [6.45, 7) is 7.03. The van der Waals surface area contributed by atoms with Gasteiger partial charge in [0.05, 0.1) is 0 Å². The minimum absolute atomic E-state index is 0.742. The second kappa shape index (κ2) is 7.60. The Morgan fingerprint density at radius 1 is 1.25 bits per heavy atom. The maximum atomic E-state index is 3.55. The van der Waals surface area contributed by atoms with Crippen molar-refractivity contribution < 1.29 is 0 Å². The fourth-order valence-electron chi connectivity index (χ4n) is 2.53. The van der Waals surface area contributed by atoms with E-state index in [4.69, 9.17) is 0 Å². The van der Waals surface area contributed by atoms with E-state index < -0.39 is 0 Å². The predicted octanol–water partition coefficient (Wildman–Crippen LogP) is 3.93. The molecule has 0 spiro atoms. The van der Waals surface area contributed by atoms with E-state index in [1.807, 2.05) is 0 Å². The summed E-state index contributed by atoms with van der Waals surface area (Å²) in [5.41, 5.74) is 0. The summed E-state index contributed by atoms with van der Waals surface area (Å²) in [5.74, 6) is 3.19. The molecule has 16 heavy (non-hydrogen) atoms. The molecule has 1 fully saturated rings. The van der Waals surface area contributed by atoms with Gasteiger partial charge in [-0.1, -0.05) is 33.6 Å². The molecule has 0 aromatic rings. The summed E-state index contributed by atoms with van der Waals surface area (Å²) >= 11 is 2.14. The molecule has 1 rings (SSSR count). The zero-order valence-corrected chi connectivity index (χ0v) is 12.3. The van der Waals surface area contributed by atoms with E-state index in [1.165, 1.54) is 37.9 Å². The summed E-state index contributed by atoms with van der Waals surface area (Å²) in [4.78, 5) is 0. The summed E-state index contributed by atoms with van der Waals surface area (Å²) in [5, 5.41) is 4.36. The highest BCUT2D eigenvalue weighted by Crippen LogP contribution is 2.32. The summed E-state index contributed by atoms with van der Waals surface area (Å²) in [6, 6.07) is 0.742. The molecule has 2 heteroatoms. The smallest absolute Gasteiger partial charge is 0.0183 e. The van der Waals surface area contributed by atoms with Crippen molar-refractivity contribution in [2.24, 2.45) is 11.8 Å². The van der Waals surface area contributed by atoms with Crippen LogP contribution in [0.2, 0.25) is 0 Å². The van der Waals surface area contributed by atoms with Crippen LogP contribution in [-0.4, -0.2) is 24.1 Å². The monoisotopic (exact) mass is 243 g/mol. The molecule has 0 bridgehead atoms. The van der Waals surface area contributed by atoms with Crippen LogP contribution in [0.25, 0.3) is 0 Å². The van der Waals surface area contributed by atoms with Gasteiger partial charge in [-0.2, -0.15) is 11.8 Å². The summed E-state index contributed by atoms with van der Waals surface area (Å²) in [6.07, 6.45) is 7.05. The molecular weight excluding hydrogens is 214 g/mol. The topological polar surface area (TPSA) is 12.0 Å². The van der Waals surface area contributed by atoms with Crippen molar-refractivity contribution in [2.75, 3.05) is 12.8 Å². The lowest BCUT2D eigenvalue weighted by molar-refractivity contribution is 0.248. The minimum Gasteiger partial charge on any atom is -0.316 e. The van der Waals surface area contributed by atoms with Crippen LogP contribution < -0.4 is 5.32 Å². The molecule has 0 aromatic heterocycles. The van der Waals surface area contributed by atoms with Crippen LogP contribution >= 0.6 is 11.8 Å². The third-order valence-corrected chi connectivity index (χ3v) is 5.59. The normalized spacial score (nSPS) is 30.0. The first-order chi connectivity index (χ1) is 7.67. The Morgan fingerprint density at radius 2 is 1.88 bits per heavy atom. The van der Waals surface area contributed by atoms with Crippen molar-refractivity contribution in [1.82, 2.24) is 5.32 Å². The van der Waals surface area contributed by atoms with Gasteiger partial charge in [-0.3, -0.25) is 0 Å². The third kappa shape index (κ3) is 4.67. The van der Waals surface area contributed by atoms with Crippen LogP contribution in [0.5, 0.6) is 0 Å². The zero-order valence-electron chi connectivity index (χ0n) is 11.5. The van der Waals surface area contributed by atoms with Gasteiger partial charge in [0.1, 0.15) is 0 Å². The van der Waals surface area contributed by atoms with Crippen LogP contribution in [0, 0.1) is 11.8 Å². The highest BCUT2D eigenvalue weighted by atomic mass is 32.2. The van der Waals surface area contributed by atoms with E-state index in [2.05, 4.69) is 44.9 Å². The molecular formula is C14H29NS. The first-order valence-electron chi connectivity index (χ1n) is 6.96. The van der Waals surface area contributed by atoms with Crippen molar-refractivity contribution in [2.45, 2.75) is 64.2 Å². The molecule has 2 unspecified atom stereocenters. The molecule has 0 heterocycles. The predicted molar refractivity (Wildman–Crippen MR) is 76.2 cm³/mol. The molecule has 96 valence electrons. The van der Waals surface area contributed by atoms with Crippen molar-refractivity contribution in [3.63, 3.8) is 0 Å². The second-order valence-electron chi connectivity index (χ2n) is 5.47. The molecule has 1 aliphatic carbocycles. The van der Waals surface area contributed by atoms with Gasteiger partial charge in [0, 0.05) is 17.0 Å². The fraction of sp³-hybridized carbons (Fsp3) is 1.00. The van der Waals surface area contributed by atoms with Crippen LogP contribution in [0.3, 0.4) is 0 Å². The van der Waals surface area contributed by atoms with Gasteiger partial charge in [0.25, 0.3) is 0 Å². The lowest BCUT2D eigenvalue weighted by Gasteiger charge is -2.33. The fourth-order valence-corrected chi connectivity index (χ4v) is 3.74. The van der Waals surface area contributed by atoms with E-state index in [0.29, 0.717) is 0 Å². The Kier molecular flexibility index (Phi) is 6.83. The van der Waals surface area contributed by atoms with E-state index >= 15 is 0 Å². The maximum absolute atomic E-state index is 3.55. The molecule has 0 saturated heterocycles. The second-order valence-corrected chi connectivity index (χ2v) is 6.94. The van der Waals surface area contributed by atoms with Crippen molar-refractivity contribution in [3.8, 4) is 0 Å². The van der Waals surface area contributed by atoms with Gasteiger partial charge in [-0.25, -0.2) is 0 Å². The summed E-state index contributed by atoms with van der Waals surface area (Å²) in [7, 11) is 2.14. The Hall–Kier alpha value is 0.310. The largest absolute Gasteiger partial charge is 0.316 e. The molecule has 1 nitrogen and oxygen atoms in total. The molecule has 2 atom stereocenters. The number of hydrogen-bond acceptors (Lipinski definition) is 2. The van der Waals surface area contributed by atoms with E-state index in [9.17, 15) is 0 Å². The number of thioether (sulfide) groups is 1. The average molecular weight is 243 g/mol. The Bertz CT molecular complexity index is 176. The molecule has 0 aliphatic heterocycles. The Labute approximate surface area is 106 Å². The van der Waals surface area contributed by atoms with E-state index in [1.54, 1.807) is 0 Å². The minimum atomic E-state index is 0.742. The van der Waals surface area contributed by atoms with Crippen molar-refractivity contribution in [3.05, 3.63) is 0 Å². The van der Waals surface area contributed by atoms with Crippen LogP contribution in [0.1, 0.15) is 52.9 Å². The first kappa shape index (κ1) is 14.4. The third-order valence-electron chi connectivity index (χ3n) is 4.14. The number of hydrogen-bond donors (Lipinski definition) is 1. The maximum Gasteiger partial charge on any atom is 0.0183 e. The lowest BCUT2D eigenvalue weighted by atomic mass is 9.80. The molecule has 1 N–H and O–H groups in total. The van der Waals surface area contributed by atoms with Crippen molar-refractivity contribution >= 4 is 11.8 Å². The number of rotatable bonds is 6. The zero-order chi connectivity index (χ0) is 12.0. The van der Waals surface area contributed by atoms with Crippen molar-refractivity contribution in [1.29, 1.82) is 0 Å². The van der Waals surface area contributed by atoms with Gasteiger partial charge < -0.3 is 5.32 Å². The van der Waals surface area contributed by atoms with Gasteiger partial charge >= 0.3 is 0 Å². The molecule has 0 amide bonds. The Balaban J connectivity index is 2.30. The highest BCUT2D eigenvalue weighted by molar-refractivity contribution is 7.99. The summed E-state index contributed by atoms with van der Waals surface area (Å²) < 4.78 is 0. The highest BCUT2D eigenvalue weighted by Gasteiger charge is 2.25. The van der Waals surface area contributed by atoms with E-state index in [-0.39, 0.29) is 0 Å². The standard InChI is InChI=1S/C14H29NS/c1-5-12(3)16-10-14(15-4)13-8-6-11(2)7-9-13/h11-15H,5-10H2,1-4H3. The van der Waals surface area contributed by atoms with Crippen LogP contribution in [-0.2, 0) is 0 Å². The average Bonchev–Trinajstić information content (AvgIpc) is 2.31. The Morgan fingerprint density at radius 3 is 2.38 bits per heavy atom. The molecule has 1 aliphatic rings. The van der Waals surface area contributed by atoms with Gasteiger partial charge in [-0.05, 0) is 38.1 Å². The molecule has 1 saturated carbocycles. The van der Waals surface area contributed by atoms with Gasteiger partial charge in [0.15, 0.2) is 0 Å². The molecule has 0 radical (unpaired) electrons. The van der Waals surface area contributed by atoms with Crippen LogP contribution in [0.4, 0.5) is 0 Å². The van der Waals surface area contributed by atoms with Crippen LogP contribution in [0.15, 0.2) is 0 Å². The van der Waals surface area contributed by atoms with Gasteiger partial charge in [-0.15, -0.1) is 0 Å². The lowest BCUT2D eigenvalue weighted by Crippen LogP contribution is -2.38. The van der Waals surface area contributed by atoms with Gasteiger partial charge in [0.2, 0.25) is 0 Å². The van der Waals surface area contributed by atoms with E-state index in [0.717, 1.165) is 23.1 Å². The SMILES string of the molecule is CCC(C)SCC(NC)C1CCC(C)CC1. The quantitative estimate of drug-likeness (QED) is 0.758. The first-order valence-corrected chi connectivity index (χ1v) is 8.01.